The van der Waals surface area contributed by atoms with Crippen LogP contribution in [0.5, 0.6) is 0 Å². The third kappa shape index (κ3) is 4.01. The second-order valence-corrected chi connectivity index (χ2v) is 4.62. The van der Waals surface area contributed by atoms with Crippen molar-refractivity contribution in [3.8, 4) is 0 Å². The van der Waals surface area contributed by atoms with E-state index in [1.54, 1.807) is 0 Å². The maximum absolute atomic E-state index is 13.5. The monoisotopic (exact) mass is 268 g/mol. The molecule has 1 saturated heterocycles. The summed E-state index contributed by atoms with van der Waals surface area (Å²) < 4.78 is 24.4. The van der Waals surface area contributed by atoms with E-state index in [0.717, 1.165) is 31.9 Å². The average molecular weight is 268 g/mol. The lowest BCUT2D eigenvalue weighted by atomic mass is 10.1. The van der Waals surface area contributed by atoms with Crippen molar-refractivity contribution in [3.05, 3.63) is 35.1 Å². The van der Waals surface area contributed by atoms with Gasteiger partial charge in [-0.3, -0.25) is 0 Å². The minimum atomic E-state index is -1.07. The van der Waals surface area contributed by atoms with E-state index in [-0.39, 0.29) is 23.8 Å². The van der Waals surface area contributed by atoms with E-state index < -0.39 is 11.8 Å². The Balaban J connectivity index is 1.87. The number of carboxylic acid groups (broad SMARTS) is 1. The molecular weight excluding hydrogens is 251 g/mol. The Morgan fingerprint density at radius 1 is 1.47 bits per heavy atom. The zero-order valence-corrected chi connectivity index (χ0v) is 10.6. The minimum absolute atomic E-state index is 0.0623. The van der Waals surface area contributed by atoms with E-state index in [4.69, 9.17) is 14.6 Å². The van der Waals surface area contributed by atoms with Crippen LogP contribution in [0.3, 0.4) is 0 Å². The Morgan fingerprint density at radius 3 is 3.00 bits per heavy atom. The molecule has 0 aliphatic carbocycles. The summed E-state index contributed by atoms with van der Waals surface area (Å²) >= 11 is 0. The summed E-state index contributed by atoms with van der Waals surface area (Å²) in [5, 5.41) is 8.85. The quantitative estimate of drug-likeness (QED) is 0.891. The van der Waals surface area contributed by atoms with Crippen LogP contribution in [0.15, 0.2) is 18.2 Å². The molecule has 0 saturated carbocycles. The van der Waals surface area contributed by atoms with Gasteiger partial charge in [-0.2, -0.15) is 0 Å². The first-order valence-electron chi connectivity index (χ1n) is 6.38. The van der Waals surface area contributed by atoms with Crippen LogP contribution >= 0.6 is 0 Å². The molecule has 19 heavy (non-hydrogen) atoms. The van der Waals surface area contributed by atoms with E-state index in [2.05, 4.69) is 0 Å². The molecule has 1 fully saturated rings. The summed E-state index contributed by atoms with van der Waals surface area (Å²) in [6.45, 7) is 1.22. The van der Waals surface area contributed by atoms with Crippen molar-refractivity contribution in [2.45, 2.75) is 32.0 Å². The number of hydrogen-bond acceptors (Lipinski definition) is 3. The zero-order valence-electron chi connectivity index (χ0n) is 10.6. The third-order valence-corrected chi connectivity index (χ3v) is 3.13. The van der Waals surface area contributed by atoms with Gasteiger partial charge in [0.25, 0.3) is 0 Å². The highest BCUT2D eigenvalue weighted by Gasteiger charge is 2.14. The Bertz CT molecular complexity index is 441. The summed E-state index contributed by atoms with van der Waals surface area (Å²) in [6.07, 6.45) is 3.22. The van der Waals surface area contributed by atoms with Crippen LogP contribution < -0.4 is 0 Å². The molecule has 0 spiro atoms. The fourth-order valence-electron chi connectivity index (χ4n) is 2.06. The van der Waals surface area contributed by atoms with Gasteiger partial charge in [0.05, 0.1) is 24.9 Å². The molecule has 1 aliphatic rings. The summed E-state index contributed by atoms with van der Waals surface area (Å²) in [5.74, 6) is -1.52. The van der Waals surface area contributed by atoms with E-state index in [9.17, 15) is 9.18 Å². The van der Waals surface area contributed by atoms with Gasteiger partial charge in [-0.15, -0.1) is 0 Å². The Hall–Kier alpha value is -1.46. The highest BCUT2D eigenvalue weighted by molar-refractivity contribution is 5.87. The first-order chi connectivity index (χ1) is 9.16. The Kier molecular flexibility index (Phi) is 4.87. The Morgan fingerprint density at radius 2 is 2.32 bits per heavy atom. The predicted octanol–water partition coefficient (Wildman–Crippen LogP) is 2.61. The molecule has 1 N–H and O–H groups in total. The average Bonchev–Trinajstić information content (AvgIpc) is 2.42. The topological polar surface area (TPSA) is 55.8 Å². The molecule has 104 valence electrons. The fraction of sp³-hybridized carbons (Fsp3) is 0.500. The van der Waals surface area contributed by atoms with Gasteiger partial charge in [0.2, 0.25) is 0 Å². The van der Waals surface area contributed by atoms with Crippen LogP contribution in [0.4, 0.5) is 4.39 Å². The smallest absolute Gasteiger partial charge is 0.335 e. The molecule has 1 aliphatic heterocycles. The van der Waals surface area contributed by atoms with Gasteiger partial charge in [0, 0.05) is 12.2 Å². The fourth-order valence-corrected chi connectivity index (χ4v) is 2.06. The Labute approximate surface area is 111 Å². The van der Waals surface area contributed by atoms with E-state index >= 15 is 0 Å². The molecular formula is C14H17FO4. The molecule has 0 amide bonds. The minimum Gasteiger partial charge on any atom is -0.478 e. The van der Waals surface area contributed by atoms with E-state index in [1.807, 2.05) is 0 Å². The van der Waals surface area contributed by atoms with Crippen molar-refractivity contribution in [2.75, 3.05) is 13.2 Å². The van der Waals surface area contributed by atoms with Gasteiger partial charge in [0.15, 0.2) is 0 Å². The first-order valence-corrected chi connectivity index (χ1v) is 6.38. The molecule has 1 aromatic carbocycles. The second kappa shape index (κ2) is 6.63. The number of ether oxygens (including phenoxy) is 2. The summed E-state index contributed by atoms with van der Waals surface area (Å²) in [4.78, 5) is 10.8. The van der Waals surface area contributed by atoms with Crippen LogP contribution in [-0.2, 0) is 16.1 Å². The van der Waals surface area contributed by atoms with Crippen LogP contribution in [0.1, 0.15) is 35.2 Å². The number of carboxylic acids is 1. The number of hydrogen-bond donors (Lipinski definition) is 1. The van der Waals surface area contributed by atoms with Crippen molar-refractivity contribution < 1.29 is 23.8 Å². The molecule has 4 nitrogen and oxygen atoms in total. The maximum atomic E-state index is 13.5. The van der Waals surface area contributed by atoms with Crippen molar-refractivity contribution in [1.29, 1.82) is 0 Å². The van der Waals surface area contributed by atoms with E-state index in [0.29, 0.717) is 6.61 Å². The highest BCUT2D eigenvalue weighted by Crippen LogP contribution is 2.15. The summed E-state index contributed by atoms with van der Waals surface area (Å²) in [7, 11) is 0. The molecule has 1 heterocycles. The summed E-state index contributed by atoms with van der Waals surface area (Å²) in [5.41, 5.74) is 0.324. The van der Waals surface area contributed by atoms with Crippen molar-refractivity contribution in [1.82, 2.24) is 0 Å². The second-order valence-electron chi connectivity index (χ2n) is 4.62. The SMILES string of the molecule is O=C(O)c1ccc(F)c(COCC2CCCCO2)c1. The van der Waals surface area contributed by atoms with Crippen LogP contribution in [-0.4, -0.2) is 30.4 Å². The molecule has 0 aromatic heterocycles. The maximum Gasteiger partial charge on any atom is 0.335 e. The van der Waals surface area contributed by atoms with Gasteiger partial charge in [-0.1, -0.05) is 0 Å². The van der Waals surface area contributed by atoms with Gasteiger partial charge in [-0.05, 0) is 37.5 Å². The lowest BCUT2D eigenvalue weighted by Crippen LogP contribution is -2.24. The molecule has 2 rings (SSSR count). The molecule has 1 atom stereocenters. The van der Waals surface area contributed by atoms with Crippen molar-refractivity contribution in [3.63, 3.8) is 0 Å². The van der Waals surface area contributed by atoms with Crippen LogP contribution in [0.25, 0.3) is 0 Å². The molecule has 0 bridgehead atoms. The lowest BCUT2D eigenvalue weighted by Gasteiger charge is -2.22. The number of benzene rings is 1. The molecule has 0 radical (unpaired) electrons. The zero-order chi connectivity index (χ0) is 13.7. The standard InChI is InChI=1S/C14H17FO4/c15-13-5-4-10(14(16)17)7-11(13)8-18-9-12-3-1-2-6-19-12/h4-5,7,12H,1-3,6,8-9H2,(H,16,17). The molecule has 5 heteroatoms. The van der Waals surface area contributed by atoms with Gasteiger partial charge >= 0.3 is 5.97 Å². The van der Waals surface area contributed by atoms with Gasteiger partial charge in [0.1, 0.15) is 5.82 Å². The van der Waals surface area contributed by atoms with E-state index in [1.165, 1.54) is 12.1 Å². The third-order valence-electron chi connectivity index (χ3n) is 3.13. The summed E-state index contributed by atoms with van der Waals surface area (Å²) in [6, 6.07) is 3.70. The lowest BCUT2D eigenvalue weighted by molar-refractivity contribution is -0.0451. The van der Waals surface area contributed by atoms with Crippen LogP contribution in [0.2, 0.25) is 0 Å². The van der Waals surface area contributed by atoms with Crippen molar-refractivity contribution >= 4 is 5.97 Å². The highest BCUT2D eigenvalue weighted by atomic mass is 19.1. The number of carbonyl (C=O) groups is 1. The van der Waals surface area contributed by atoms with Gasteiger partial charge < -0.3 is 14.6 Å². The number of aromatic carboxylic acids is 1. The molecule has 1 unspecified atom stereocenters. The number of halogens is 1. The van der Waals surface area contributed by atoms with Gasteiger partial charge in [-0.25, -0.2) is 9.18 Å². The predicted molar refractivity (Wildman–Crippen MR) is 66.6 cm³/mol. The molecule has 1 aromatic rings. The van der Waals surface area contributed by atoms with Crippen LogP contribution in [0, 0.1) is 5.82 Å². The van der Waals surface area contributed by atoms with Crippen molar-refractivity contribution in [2.24, 2.45) is 0 Å². The largest absolute Gasteiger partial charge is 0.478 e. The number of rotatable bonds is 5. The first kappa shape index (κ1) is 14.0. The normalized spacial score (nSPS) is 19.3.